The Morgan fingerprint density at radius 1 is 1.20 bits per heavy atom. The molecule has 1 saturated heterocycles. The van der Waals surface area contributed by atoms with E-state index in [9.17, 15) is 0 Å². The molecular formula is C11H15N3S. The van der Waals surface area contributed by atoms with E-state index in [0.717, 1.165) is 17.8 Å². The molecule has 2 unspecified atom stereocenters. The first-order chi connectivity index (χ1) is 7.40. The molecule has 0 radical (unpaired) electrons. The Morgan fingerprint density at radius 2 is 2.13 bits per heavy atom. The lowest BCUT2D eigenvalue weighted by atomic mass is 10.1. The number of hydrogen-bond donors (Lipinski definition) is 0. The Morgan fingerprint density at radius 3 is 2.80 bits per heavy atom. The maximum atomic E-state index is 4.71. The molecule has 1 aromatic heterocycles. The fourth-order valence-electron chi connectivity index (χ4n) is 3.01. The fraction of sp³-hybridized carbons (Fsp3) is 0.818. The summed E-state index contributed by atoms with van der Waals surface area (Å²) in [5.74, 6) is 2.77. The summed E-state index contributed by atoms with van der Waals surface area (Å²) in [5.41, 5.74) is 0. The second-order valence-electron chi connectivity index (χ2n) is 5.19. The largest absolute Gasteiger partial charge is 0.344 e. The average molecular weight is 221 g/mol. The zero-order valence-corrected chi connectivity index (χ0v) is 9.54. The molecule has 0 N–H and O–H groups in total. The second kappa shape index (κ2) is 2.94. The van der Waals surface area contributed by atoms with E-state index < -0.39 is 0 Å². The number of fused-ring (bicyclic) bond motifs is 2. The third-order valence-corrected chi connectivity index (χ3v) is 4.80. The molecule has 4 heteroatoms. The number of nitrogens with zero attached hydrogens (tertiary/aromatic N) is 3. The van der Waals surface area contributed by atoms with Crippen LogP contribution in [0.15, 0.2) is 0 Å². The van der Waals surface area contributed by atoms with Crippen LogP contribution in [0.3, 0.4) is 0 Å². The van der Waals surface area contributed by atoms with Gasteiger partial charge in [0.1, 0.15) is 5.82 Å². The van der Waals surface area contributed by atoms with Gasteiger partial charge in [0, 0.05) is 30.0 Å². The molecule has 2 aliphatic carbocycles. The summed E-state index contributed by atoms with van der Waals surface area (Å²) in [6, 6.07) is 0.787. The molecule has 3 fully saturated rings. The Balaban J connectivity index is 1.60. The van der Waals surface area contributed by atoms with Crippen molar-refractivity contribution in [1.82, 2.24) is 9.36 Å². The van der Waals surface area contributed by atoms with Crippen LogP contribution in [0.2, 0.25) is 0 Å². The molecule has 4 rings (SSSR count). The summed E-state index contributed by atoms with van der Waals surface area (Å²) >= 11 is 1.62. The van der Waals surface area contributed by atoms with Gasteiger partial charge in [0.2, 0.25) is 5.13 Å². The van der Waals surface area contributed by atoms with Gasteiger partial charge < -0.3 is 4.90 Å². The maximum absolute atomic E-state index is 4.71. The summed E-state index contributed by atoms with van der Waals surface area (Å²) < 4.78 is 4.50. The van der Waals surface area contributed by atoms with Crippen LogP contribution in [0.25, 0.3) is 0 Å². The summed E-state index contributed by atoms with van der Waals surface area (Å²) in [6.07, 6.45) is 6.83. The SMILES string of the molecule is C1CC2CC1CN2c1nc(C2CC2)ns1. The van der Waals surface area contributed by atoms with E-state index in [2.05, 4.69) is 9.27 Å². The lowest BCUT2D eigenvalue weighted by Crippen LogP contribution is -2.31. The molecule has 1 aliphatic heterocycles. The monoisotopic (exact) mass is 221 g/mol. The predicted octanol–water partition coefficient (Wildman–Crippen LogP) is 2.40. The normalized spacial score (nSPS) is 34.0. The van der Waals surface area contributed by atoms with Crippen LogP contribution in [0.4, 0.5) is 5.13 Å². The van der Waals surface area contributed by atoms with E-state index in [1.165, 1.54) is 43.8 Å². The van der Waals surface area contributed by atoms with Crippen molar-refractivity contribution in [2.24, 2.45) is 5.92 Å². The highest BCUT2D eigenvalue weighted by molar-refractivity contribution is 7.09. The van der Waals surface area contributed by atoms with E-state index in [1.807, 2.05) is 0 Å². The average Bonchev–Trinajstić information content (AvgIpc) is 2.74. The molecule has 2 heterocycles. The van der Waals surface area contributed by atoms with E-state index in [-0.39, 0.29) is 0 Å². The van der Waals surface area contributed by atoms with Gasteiger partial charge in [-0.05, 0) is 38.0 Å². The Kier molecular flexibility index (Phi) is 1.67. The molecule has 0 spiro atoms. The van der Waals surface area contributed by atoms with Gasteiger partial charge >= 0.3 is 0 Å². The topological polar surface area (TPSA) is 29.0 Å². The zero-order chi connectivity index (χ0) is 9.83. The lowest BCUT2D eigenvalue weighted by molar-refractivity contribution is 0.552. The van der Waals surface area contributed by atoms with Gasteiger partial charge in [0.05, 0.1) is 0 Å². The molecule has 2 saturated carbocycles. The molecule has 0 amide bonds. The number of piperidine rings is 1. The minimum Gasteiger partial charge on any atom is -0.344 e. The van der Waals surface area contributed by atoms with Gasteiger partial charge in [-0.1, -0.05) is 0 Å². The number of aromatic nitrogens is 2. The third kappa shape index (κ3) is 1.30. The summed E-state index contributed by atoms with van der Waals surface area (Å²) in [4.78, 5) is 7.22. The molecule has 3 aliphatic rings. The highest BCUT2D eigenvalue weighted by atomic mass is 32.1. The maximum Gasteiger partial charge on any atom is 0.205 e. The Labute approximate surface area is 93.7 Å². The van der Waals surface area contributed by atoms with Crippen LogP contribution in [0.5, 0.6) is 0 Å². The van der Waals surface area contributed by atoms with E-state index in [4.69, 9.17) is 4.98 Å². The van der Waals surface area contributed by atoms with Crippen LogP contribution >= 0.6 is 11.5 Å². The van der Waals surface area contributed by atoms with Crippen molar-refractivity contribution < 1.29 is 0 Å². The van der Waals surface area contributed by atoms with Gasteiger partial charge in [-0.25, -0.2) is 4.98 Å². The van der Waals surface area contributed by atoms with Crippen LogP contribution in [0, 0.1) is 5.92 Å². The molecular weight excluding hydrogens is 206 g/mol. The van der Waals surface area contributed by atoms with Crippen LogP contribution in [0.1, 0.15) is 43.8 Å². The van der Waals surface area contributed by atoms with Crippen molar-refractivity contribution in [3.05, 3.63) is 5.82 Å². The number of rotatable bonds is 2. The second-order valence-corrected chi connectivity index (χ2v) is 5.92. The van der Waals surface area contributed by atoms with Gasteiger partial charge in [-0.3, -0.25) is 0 Å². The van der Waals surface area contributed by atoms with E-state index >= 15 is 0 Å². The van der Waals surface area contributed by atoms with E-state index in [0.29, 0.717) is 5.92 Å². The number of hydrogen-bond acceptors (Lipinski definition) is 4. The third-order valence-electron chi connectivity index (χ3n) is 4.03. The van der Waals surface area contributed by atoms with Crippen molar-refractivity contribution in [3.63, 3.8) is 0 Å². The molecule has 15 heavy (non-hydrogen) atoms. The molecule has 3 nitrogen and oxygen atoms in total. The molecule has 2 bridgehead atoms. The van der Waals surface area contributed by atoms with Crippen molar-refractivity contribution in [2.75, 3.05) is 11.4 Å². The first-order valence-electron chi connectivity index (χ1n) is 6.00. The minimum atomic E-state index is 0.704. The van der Waals surface area contributed by atoms with Crippen LogP contribution < -0.4 is 4.90 Å². The van der Waals surface area contributed by atoms with Gasteiger partial charge in [-0.15, -0.1) is 0 Å². The van der Waals surface area contributed by atoms with Crippen molar-refractivity contribution in [2.45, 2.75) is 44.1 Å². The molecule has 0 aromatic carbocycles. The minimum absolute atomic E-state index is 0.704. The van der Waals surface area contributed by atoms with Crippen molar-refractivity contribution in [1.29, 1.82) is 0 Å². The quantitative estimate of drug-likeness (QED) is 0.768. The Hall–Kier alpha value is -0.640. The molecule has 1 aromatic rings. The summed E-state index contributed by atoms with van der Waals surface area (Å²) in [6.45, 7) is 1.24. The highest BCUT2D eigenvalue weighted by Gasteiger charge is 2.39. The first-order valence-corrected chi connectivity index (χ1v) is 6.78. The van der Waals surface area contributed by atoms with Gasteiger partial charge in [0.15, 0.2) is 0 Å². The first kappa shape index (κ1) is 8.50. The fourth-order valence-corrected chi connectivity index (χ4v) is 3.84. The standard InChI is InChI=1S/C11H15N3S/c1-4-9-5-7(1)6-14(9)11-12-10(13-15-11)8-2-3-8/h7-9H,1-6H2. The Bertz CT molecular complexity index is 385. The zero-order valence-electron chi connectivity index (χ0n) is 8.72. The predicted molar refractivity (Wildman–Crippen MR) is 60.4 cm³/mol. The summed E-state index contributed by atoms with van der Waals surface area (Å²) in [5, 5.41) is 1.20. The van der Waals surface area contributed by atoms with Crippen molar-refractivity contribution >= 4 is 16.7 Å². The molecule has 80 valence electrons. The van der Waals surface area contributed by atoms with Crippen LogP contribution in [-0.4, -0.2) is 21.9 Å². The molecule has 2 atom stereocenters. The van der Waals surface area contributed by atoms with Gasteiger partial charge in [-0.2, -0.15) is 4.37 Å². The smallest absolute Gasteiger partial charge is 0.205 e. The summed E-state index contributed by atoms with van der Waals surface area (Å²) in [7, 11) is 0. The van der Waals surface area contributed by atoms with E-state index in [1.54, 1.807) is 11.5 Å². The van der Waals surface area contributed by atoms with Gasteiger partial charge in [0.25, 0.3) is 0 Å². The van der Waals surface area contributed by atoms with Crippen LogP contribution in [-0.2, 0) is 0 Å². The lowest BCUT2D eigenvalue weighted by Gasteiger charge is -2.25. The number of anilines is 1. The van der Waals surface area contributed by atoms with Crippen molar-refractivity contribution in [3.8, 4) is 0 Å². The highest BCUT2D eigenvalue weighted by Crippen LogP contribution is 2.43.